The molecule has 1 fully saturated rings. The van der Waals surface area contributed by atoms with Gasteiger partial charge in [-0.2, -0.15) is 8.42 Å². The van der Waals surface area contributed by atoms with E-state index in [0.29, 0.717) is 19.7 Å². The van der Waals surface area contributed by atoms with Crippen molar-refractivity contribution in [3.05, 3.63) is 71.5 Å². The fourth-order valence-corrected chi connectivity index (χ4v) is 4.50. The Labute approximate surface area is 189 Å². The minimum atomic E-state index is -3.68. The molecule has 0 aromatic heterocycles. The van der Waals surface area contributed by atoms with E-state index < -0.39 is 28.0 Å². The van der Waals surface area contributed by atoms with Crippen molar-refractivity contribution in [3.8, 4) is 0 Å². The first-order valence-electron chi connectivity index (χ1n) is 10.7. The summed E-state index contributed by atoms with van der Waals surface area (Å²) in [5, 5.41) is 0. The zero-order valence-corrected chi connectivity index (χ0v) is 19.4. The molecule has 3 atom stereocenters. The molecule has 2 aromatic carbocycles. The quantitative estimate of drug-likeness (QED) is 0.418. The van der Waals surface area contributed by atoms with E-state index in [2.05, 4.69) is 4.90 Å². The van der Waals surface area contributed by atoms with Gasteiger partial charge in [-0.3, -0.25) is 13.9 Å². The number of hydrogen-bond acceptors (Lipinski definition) is 6. The summed E-state index contributed by atoms with van der Waals surface area (Å²) in [5.41, 5.74) is 1.78. The van der Waals surface area contributed by atoms with Crippen LogP contribution in [-0.4, -0.2) is 51.3 Å². The lowest BCUT2D eigenvalue weighted by Crippen LogP contribution is -2.36. The number of esters is 1. The van der Waals surface area contributed by atoms with Crippen LogP contribution in [0.4, 0.5) is 4.39 Å². The minimum Gasteiger partial charge on any atom is -0.465 e. The van der Waals surface area contributed by atoms with Gasteiger partial charge in [0.05, 0.1) is 25.4 Å². The van der Waals surface area contributed by atoms with Crippen LogP contribution < -0.4 is 0 Å². The molecule has 0 bridgehead atoms. The standard InChI is InChI=1S/C24H30FNO5S/c1-17(2)15-30-24(27)21-14-26(13-18-7-5-4-6-8-18)22(16-31-32(3,28)29)23(21)19-9-11-20(25)12-10-19/h4-12,17,21-23H,13-16H2,1-3H3/t21-,22-,23+/m1/s1. The fourth-order valence-electron chi connectivity index (χ4n) is 4.12. The smallest absolute Gasteiger partial charge is 0.310 e. The summed E-state index contributed by atoms with van der Waals surface area (Å²) < 4.78 is 47.8. The lowest BCUT2D eigenvalue weighted by molar-refractivity contribution is -0.149. The predicted molar refractivity (Wildman–Crippen MR) is 120 cm³/mol. The lowest BCUT2D eigenvalue weighted by Gasteiger charge is -2.28. The van der Waals surface area contributed by atoms with Gasteiger partial charge in [-0.05, 0) is 29.2 Å². The summed E-state index contributed by atoms with van der Waals surface area (Å²) >= 11 is 0. The van der Waals surface area contributed by atoms with Crippen molar-refractivity contribution < 1.29 is 26.5 Å². The second kappa shape index (κ2) is 10.6. The number of benzene rings is 2. The average Bonchev–Trinajstić information content (AvgIpc) is 3.09. The normalized spacial score (nSPS) is 21.7. The molecule has 174 valence electrons. The molecule has 1 aliphatic rings. The molecule has 0 spiro atoms. The highest BCUT2D eigenvalue weighted by Gasteiger charge is 2.47. The molecular weight excluding hydrogens is 433 g/mol. The van der Waals surface area contributed by atoms with Gasteiger partial charge in [-0.15, -0.1) is 0 Å². The van der Waals surface area contributed by atoms with Crippen molar-refractivity contribution in [1.29, 1.82) is 0 Å². The van der Waals surface area contributed by atoms with E-state index in [1.165, 1.54) is 12.1 Å². The van der Waals surface area contributed by atoms with Gasteiger partial charge in [-0.1, -0.05) is 56.3 Å². The van der Waals surface area contributed by atoms with Crippen LogP contribution in [0.25, 0.3) is 0 Å². The molecule has 2 aromatic rings. The molecule has 1 heterocycles. The van der Waals surface area contributed by atoms with Crippen LogP contribution in [0.2, 0.25) is 0 Å². The minimum absolute atomic E-state index is 0.109. The number of carbonyl (C=O) groups is 1. The molecule has 0 aliphatic carbocycles. The number of nitrogens with zero attached hydrogens (tertiary/aromatic N) is 1. The first kappa shape index (κ1) is 24.4. The summed E-state index contributed by atoms with van der Waals surface area (Å²) in [5.74, 6) is -1.46. The Kier molecular flexibility index (Phi) is 8.03. The maximum atomic E-state index is 13.6. The van der Waals surface area contributed by atoms with Crippen LogP contribution in [0.15, 0.2) is 54.6 Å². The van der Waals surface area contributed by atoms with Crippen molar-refractivity contribution in [1.82, 2.24) is 4.90 Å². The number of halogens is 1. The Morgan fingerprint density at radius 1 is 1.12 bits per heavy atom. The van der Waals surface area contributed by atoms with E-state index in [1.54, 1.807) is 12.1 Å². The van der Waals surface area contributed by atoms with Gasteiger partial charge in [0.1, 0.15) is 5.82 Å². The third-order valence-corrected chi connectivity index (χ3v) is 6.11. The van der Waals surface area contributed by atoms with Crippen LogP contribution in [-0.2, 0) is 30.4 Å². The highest BCUT2D eigenvalue weighted by atomic mass is 32.2. The first-order valence-corrected chi connectivity index (χ1v) is 12.5. The van der Waals surface area contributed by atoms with Crippen molar-refractivity contribution >= 4 is 16.1 Å². The van der Waals surface area contributed by atoms with E-state index in [0.717, 1.165) is 17.4 Å². The molecule has 8 heteroatoms. The van der Waals surface area contributed by atoms with E-state index in [4.69, 9.17) is 8.92 Å². The SMILES string of the molecule is CC(C)COC(=O)[C@@H]1CN(Cc2ccccc2)[C@H](COS(C)(=O)=O)[C@H]1c1ccc(F)cc1. The molecule has 6 nitrogen and oxygen atoms in total. The molecule has 0 unspecified atom stereocenters. The number of hydrogen-bond donors (Lipinski definition) is 0. The van der Waals surface area contributed by atoms with Crippen molar-refractivity contribution in [2.45, 2.75) is 32.4 Å². The van der Waals surface area contributed by atoms with Crippen molar-refractivity contribution in [3.63, 3.8) is 0 Å². The average molecular weight is 464 g/mol. The first-order chi connectivity index (χ1) is 15.1. The van der Waals surface area contributed by atoms with E-state index in [9.17, 15) is 17.6 Å². The Bertz CT molecular complexity index is 995. The molecule has 1 aliphatic heterocycles. The summed E-state index contributed by atoms with van der Waals surface area (Å²) in [7, 11) is -3.68. The Hall–Kier alpha value is -2.29. The Balaban J connectivity index is 1.96. The highest BCUT2D eigenvalue weighted by molar-refractivity contribution is 7.85. The van der Waals surface area contributed by atoms with Gasteiger partial charge in [0, 0.05) is 25.0 Å². The fraction of sp³-hybridized carbons (Fsp3) is 0.458. The molecule has 0 N–H and O–H groups in total. The van der Waals surface area contributed by atoms with Crippen LogP contribution in [0.5, 0.6) is 0 Å². The van der Waals surface area contributed by atoms with Crippen LogP contribution in [0.1, 0.15) is 30.9 Å². The lowest BCUT2D eigenvalue weighted by atomic mass is 9.84. The Morgan fingerprint density at radius 2 is 1.78 bits per heavy atom. The van der Waals surface area contributed by atoms with E-state index in [1.807, 2.05) is 44.2 Å². The summed E-state index contributed by atoms with van der Waals surface area (Å²) in [6.45, 7) is 5.01. The van der Waals surface area contributed by atoms with Gasteiger partial charge in [0.25, 0.3) is 10.1 Å². The van der Waals surface area contributed by atoms with Gasteiger partial charge in [0.15, 0.2) is 0 Å². The number of carbonyl (C=O) groups excluding carboxylic acids is 1. The zero-order valence-electron chi connectivity index (χ0n) is 18.6. The van der Waals surface area contributed by atoms with Crippen molar-refractivity contribution in [2.24, 2.45) is 11.8 Å². The molecule has 3 rings (SSSR count). The maximum absolute atomic E-state index is 13.6. The molecule has 0 amide bonds. The van der Waals surface area contributed by atoms with Gasteiger partial charge < -0.3 is 4.74 Å². The maximum Gasteiger partial charge on any atom is 0.310 e. The molecule has 0 saturated carbocycles. The van der Waals surface area contributed by atoms with E-state index >= 15 is 0 Å². The molecule has 0 radical (unpaired) electrons. The second-order valence-corrected chi connectivity index (χ2v) is 10.3. The third kappa shape index (κ3) is 6.60. The van der Waals surface area contributed by atoms with Gasteiger partial charge >= 0.3 is 5.97 Å². The second-order valence-electron chi connectivity index (χ2n) is 8.68. The van der Waals surface area contributed by atoms with Crippen LogP contribution in [0, 0.1) is 17.7 Å². The van der Waals surface area contributed by atoms with Crippen LogP contribution >= 0.6 is 0 Å². The van der Waals surface area contributed by atoms with Crippen molar-refractivity contribution in [2.75, 3.05) is 26.0 Å². The van der Waals surface area contributed by atoms with Gasteiger partial charge in [0.2, 0.25) is 0 Å². The number of likely N-dealkylation sites (tertiary alicyclic amines) is 1. The number of ether oxygens (including phenoxy) is 1. The van der Waals surface area contributed by atoms with Gasteiger partial charge in [-0.25, -0.2) is 4.39 Å². The third-order valence-electron chi connectivity index (χ3n) is 5.55. The number of rotatable bonds is 9. The monoisotopic (exact) mass is 463 g/mol. The zero-order chi connectivity index (χ0) is 23.3. The largest absolute Gasteiger partial charge is 0.465 e. The summed E-state index contributed by atoms with van der Waals surface area (Å²) in [6, 6.07) is 15.3. The Morgan fingerprint density at radius 3 is 2.38 bits per heavy atom. The molecule has 1 saturated heterocycles. The van der Waals surface area contributed by atoms with E-state index in [-0.39, 0.29) is 24.3 Å². The summed E-state index contributed by atoms with van der Waals surface area (Å²) in [4.78, 5) is 15.1. The van der Waals surface area contributed by atoms with Crippen LogP contribution in [0.3, 0.4) is 0 Å². The highest BCUT2D eigenvalue weighted by Crippen LogP contribution is 2.40. The molecular formula is C24H30FNO5S. The molecule has 32 heavy (non-hydrogen) atoms. The topological polar surface area (TPSA) is 72.9 Å². The predicted octanol–water partition coefficient (Wildman–Crippen LogP) is 3.59. The summed E-state index contributed by atoms with van der Waals surface area (Å²) in [6.07, 6.45) is 1.00.